The van der Waals surface area contributed by atoms with Crippen molar-refractivity contribution < 1.29 is 5.11 Å². The molecule has 0 radical (unpaired) electrons. The Balaban J connectivity index is 3.58. The summed E-state index contributed by atoms with van der Waals surface area (Å²) in [5.41, 5.74) is 2.37. The number of rotatable bonds is 3. The minimum absolute atomic E-state index is 0.0850. The van der Waals surface area contributed by atoms with Gasteiger partial charge in [-0.25, -0.2) is 0 Å². The summed E-state index contributed by atoms with van der Waals surface area (Å²) < 4.78 is 0. The van der Waals surface area contributed by atoms with Crippen molar-refractivity contribution in [2.75, 3.05) is 6.61 Å². The van der Waals surface area contributed by atoms with Crippen LogP contribution in [-0.4, -0.2) is 11.7 Å². The molecule has 0 saturated heterocycles. The Morgan fingerprint density at radius 1 is 1.67 bits per heavy atom. The highest BCUT2D eigenvalue weighted by Gasteiger charge is 1.97. The zero-order valence-corrected chi connectivity index (χ0v) is 6.65. The molecule has 0 saturated carbocycles. The van der Waals surface area contributed by atoms with E-state index in [4.69, 9.17) is 16.7 Å². The molecule has 1 nitrogen and oxygen atoms in total. The van der Waals surface area contributed by atoms with Crippen molar-refractivity contribution in [3.63, 3.8) is 0 Å². The summed E-state index contributed by atoms with van der Waals surface area (Å²) in [7, 11) is 0. The summed E-state index contributed by atoms with van der Waals surface area (Å²) in [6.45, 7) is 4.27. The molecule has 0 atom stereocenters. The van der Waals surface area contributed by atoms with Gasteiger partial charge < -0.3 is 5.11 Å². The number of halogens is 1. The summed E-state index contributed by atoms with van der Waals surface area (Å²) in [4.78, 5) is 0. The second-order valence-electron chi connectivity index (χ2n) is 2.52. The van der Waals surface area contributed by atoms with Gasteiger partial charge in [-0.1, -0.05) is 25.4 Å². The van der Waals surface area contributed by atoms with Gasteiger partial charge in [0.25, 0.3) is 0 Å². The smallest absolute Gasteiger partial charge is 0.0653 e. The second kappa shape index (κ2) is 4.83. The molecule has 0 aromatic heterocycles. The topological polar surface area (TPSA) is 20.2 Å². The van der Waals surface area contributed by atoms with Gasteiger partial charge in [-0.15, -0.1) is 0 Å². The second-order valence-corrected chi connectivity index (χ2v) is 2.74. The average molecular weight is 149 g/mol. The van der Waals surface area contributed by atoms with E-state index < -0.39 is 0 Å². The molecule has 0 unspecified atom stereocenters. The molecule has 9 heavy (non-hydrogen) atoms. The first-order valence-electron chi connectivity index (χ1n) is 3.09. The van der Waals surface area contributed by atoms with Crippen LogP contribution in [0.1, 0.15) is 20.3 Å². The van der Waals surface area contributed by atoms with Gasteiger partial charge in [0.05, 0.1) is 6.61 Å². The van der Waals surface area contributed by atoms with Crippen LogP contribution in [0.5, 0.6) is 0 Å². The predicted molar refractivity (Wildman–Crippen MR) is 40.5 cm³/mol. The van der Waals surface area contributed by atoms with E-state index in [0.717, 1.165) is 12.0 Å². The van der Waals surface area contributed by atoms with Crippen molar-refractivity contribution >= 4 is 11.6 Å². The molecule has 0 aliphatic rings. The SMILES string of the molecule is CC(C)CC(=CCl)CO. The van der Waals surface area contributed by atoms with Crippen LogP contribution in [0, 0.1) is 5.92 Å². The Morgan fingerprint density at radius 2 is 2.22 bits per heavy atom. The molecule has 0 rings (SSSR count). The molecule has 54 valence electrons. The largest absolute Gasteiger partial charge is 0.392 e. The van der Waals surface area contributed by atoms with Gasteiger partial charge in [-0.3, -0.25) is 0 Å². The third-order valence-electron chi connectivity index (χ3n) is 1.03. The highest BCUT2D eigenvalue weighted by molar-refractivity contribution is 6.25. The maximum atomic E-state index is 8.62. The van der Waals surface area contributed by atoms with Gasteiger partial charge in [0.2, 0.25) is 0 Å². The van der Waals surface area contributed by atoms with Gasteiger partial charge in [0, 0.05) is 5.54 Å². The maximum Gasteiger partial charge on any atom is 0.0653 e. The van der Waals surface area contributed by atoms with Crippen molar-refractivity contribution in [2.45, 2.75) is 20.3 Å². The van der Waals surface area contributed by atoms with E-state index in [-0.39, 0.29) is 6.61 Å². The quantitative estimate of drug-likeness (QED) is 0.651. The van der Waals surface area contributed by atoms with Crippen molar-refractivity contribution in [3.05, 3.63) is 11.1 Å². The molecular weight excluding hydrogens is 136 g/mol. The number of aliphatic hydroxyl groups is 1. The van der Waals surface area contributed by atoms with Crippen LogP contribution in [0.2, 0.25) is 0 Å². The molecule has 1 N–H and O–H groups in total. The van der Waals surface area contributed by atoms with E-state index in [0.29, 0.717) is 5.92 Å². The molecule has 0 amide bonds. The number of hydrogen-bond acceptors (Lipinski definition) is 1. The predicted octanol–water partition coefficient (Wildman–Crippen LogP) is 2.15. The van der Waals surface area contributed by atoms with Crippen LogP contribution in [0.25, 0.3) is 0 Å². The molecule has 0 aliphatic carbocycles. The van der Waals surface area contributed by atoms with Gasteiger partial charge in [-0.2, -0.15) is 0 Å². The minimum Gasteiger partial charge on any atom is -0.392 e. The Labute approximate surface area is 61.3 Å². The van der Waals surface area contributed by atoms with Crippen LogP contribution in [0.3, 0.4) is 0 Å². The van der Waals surface area contributed by atoms with Crippen LogP contribution < -0.4 is 0 Å². The first-order valence-corrected chi connectivity index (χ1v) is 3.53. The zero-order chi connectivity index (χ0) is 7.28. The lowest BCUT2D eigenvalue weighted by Gasteiger charge is -2.04. The fourth-order valence-electron chi connectivity index (χ4n) is 0.668. The molecule has 0 aromatic rings. The summed E-state index contributed by atoms with van der Waals surface area (Å²) in [5, 5.41) is 8.62. The fraction of sp³-hybridized carbons (Fsp3) is 0.714. The Bertz CT molecular complexity index is 97.1. The molecule has 0 aromatic carbocycles. The number of hydrogen-bond donors (Lipinski definition) is 1. The zero-order valence-electron chi connectivity index (χ0n) is 5.89. The normalized spacial score (nSPS) is 12.8. The Hall–Kier alpha value is -0.0100. The summed E-state index contributed by atoms with van der Waals surface area (Å²) in [6.07, 6.45) is 0.889. The van der Waals surface area contributed by atoms with Gasteiger partial charge >= 0.3 is 0 Å². The van der Waals surface area contributed by atoms with E-state index in [2.05, 4.69) is 13.8 Å². The molecule has 0 aliphatic heterocycles. The molecule has 0 spiro atoms. The van der Waals surface area contributed by atoms with Gasteiger partial charge in [0.15, 0.2) is 0 Å². The molecule has 2 heteroatoms. The first kappa shape index (κ1) is 8.99. The van der Waals surface area contributed by atoms with Crippen molar-refractivity contribution in [2.24, 2.45) is 5.92 Å². The number of aliphatic hydroxyl groups excluding tert-OH is 1. The molecule has 0 heterocycles. The lowest BCUT2D eigenvalue weighted by atomic mass is 10.1. The van der Waals surface area contributed by atoms with Crippen LogP contribution in [0.4, 0.5) is 0 Å². The minimum atomic E-state index is 0.0850. The lowest BCUT2D eigenvalue weighted by molar-refractivity contribution is 0.322. The molecule has 0 fully saturated rings. The van der Waals surface area contributed by atoms with Gasteiger partial charge in [0.1, 0.15) is 0 Å². The highest BCUT2D eigenvalue weighted by Crippen LogP contribution is 2.10. The van der Waals surface area contributed by atoms with Crippen LogP contribution >= 0.6 is 11.6 Å². The lowest BCUT2D eigenvalue weighted by Crippen LogP contribution is -1.94. The van der Waals surface area contributed by atoms with E-state index in [9.17, 15) is 0 Å². The van der Waals surface area contributed by atoms with Gasteiger partial charge in [-0.05, 0) is 17.9 Å². The summed E-state index contributed by atoms with van der Waals surface area (Å²) in [6, 6.07) is 0. The maximum absolute atomic E-state index is 8.62. The summed E-state index contributed by atoms with van der Waals surface area (Å²) >= 11 is 5.39. The molecular formula is C7H13ClO. The first-order chi connectivity index (χ1) is 4.20. The van der Waals surface area contributed by atoms with E-state index in [1.165, 1.54) is 5.54 Å². The third kappa shape index (κ3) is 4.49. The van der Waals surface area contributed by atoms with E-state index in [1.807, 2.05) is 0 Å². The molecule has 0 bridgehead atoms. The van der Waals surface area contributed by atoms with Crippen molar-refractivity contribution in [1.82, 2.24) is 0 Å². The van der Waals surface area contributed by atoms with Crippen molar-refractivity contribution in [1.29, 1.82) is 0 Å². The van der Waals surface area contributed by atoms with Crippen molar-refractivity contribution in [3.8, 4) is 0 Å². The van der Waals surface area contributed by atoms with Crippen LogP contribution in [-0.2, 0) is 0 Å². The summed E-state index contributed by atoms with van der Waals surface area (Å²) in [5.74, 6) is 0.571. The fourth-order valence-corrected chi connectivity index (χ4v) is 0.826. The standard InChI is InChI=1S/C7H13ClO/c1-6(2)3-7(4-8)5-9/h4,6,9H,3,5H2,1-2H3. The van der Waals surface area contributed by atoms with Crippen LogP contribution in [0.15, 0.2) is 11.1 Å². The average Bonchev–Trinajstić information content (AvgIpc) is 1.82. The van der Waals surface area contributed by atoms with E-state index in [1.54, 1.807) is 0 Å². The van der Waals surface area contributed by atoms with E-state index >= 15 is 0 Å². The monoisotopic (exact) mass is 148 g/mol. The Kier molecular flexibility index (Phi) is 4.83. The Morgan fingerprint density at radius 3 is 2.33 bits per heavy atom. The highest BCUT2D eigenvalue weighted by atomic mass is 35.5. The third-order valence-corrected chi connectivity index (χ3v) is 1.34.